The summed E-state index contributed by atoms with van der Waals surface area (Å²) in [5.41, 5.74) is 0. The van der Waals surface area contributed by atoms with Crippen molar-refractivity contribution in [3.05, 3.63) is 0 Å². The SMILES string of the molecule is CO[C@@H]1OC(C(=O)O)[C@@H](O)[C@H](OSOO[O-])C1O. The Morgan fingerprint density at radius 2 is 2.06 bits per heavy atom. The molecular formula is C7H11O10S-. The van der Waals surface area contributed by atoms with E-state index in [0.717, 1.165) is 0 Å². The van der Waals surface area contributed by atoms with Crippen LogP contribution in [0.15, 0.2) is 0 Å². The molecule has 0 aromatic rings. The average Bonchev–Trinajstić information content (AvgIpc) is 2.33. The third kappa shape index (κ3) is 3.50. The average molecular weight is 287 g/mol. The predicted octanol–water partition coefficient (Wildman–Crippen LogP) is -2.66. The highest BCUT2D eigenvalue weighted by molar-refractivity contribution is 7.89. The summed E-state index contributed by atoms with van der Waals surface area (Å²) in [6, 6.07) is 0. The van der Waals surface area contributed by atoms with E-state index >= 15 is 0 Å². The first-order valence-electron chi connectivity index (χ1n) is 4.58. The Hall–Kier alpha value is -0.500. The summed E-state index contributed by atoms with van der Waals surface area (Å²) in [6.45, 7) is 0. The second-order valence-electron chi connectivity index (χ2n) is 3.25. The first-order chi connectivity index (χ1) is 8.52. The van der Waals surface area contributed by atoms with Gasteiger partial charge in [0.25, 0.3) is 0 Å². The number of hydrogen-bond donors (Lipinski definition) is 3. The molecule has 0 spiro atoms. The molecule has 1 aliphatic heterocycles. The number of methoxy groups -OCH3 is 1. The summed E-state index contributed by atoms with van der Waals surface area (Å²) in [6.07, 6.45) is -7.55. The van der Waals surface area contributed by atoms with Crippen LogP contribution in [0.1, 0.15) is 0 Å². The topological polar surface area (TPSA) is 147 Å². The number of carboxylic acid groups (broad SMARTS) is 1. The van der Waals surface area contributed by atoms with Gasteiger partial charge in [-0.2, -0.15) is 0 Å². The van der Waals surface area contributed by atoms with Crippen LogP contribution in [0.5, 0.6) is 0 Å². The maximum atomic E-state index is 10.8. The lowest BCUT2D eigenvalue weighted by atomic mass is 9.99. The number of carbonyl (C=O) groups is 1. The molecule has 18 heavy (non-hydrogen) atoms. The van der Waals surface area contributed by atoms with Gasteiger partial charge in [-0.25, -0.2) is 4.79 Å². The Morgan fingerprint density at radius 3 is 2.56 bits per heavy atom. The van der Waals surface area contributed by atoms with E-state index in [1.807, 2.05) is 0 Å². The van der Waals surface area contributed by atoms with E-state index in [9.17, 15) is 20.3 Å². The van der Waals surface area contributed by atoms with E-state index < -0.39 is 36.7 Å². The second kappa shape index (κ2) is 7.18. The molecule has 1 heterocycles. The smallest absolute Gasteiger partial charge is 0.335 e. The van der Waals surface area contributed by atoms with Crippen molar-refractivity contribution in [3.8, 4) is 0 Å². The summed E-state index contributed by atoms with van der Waals surface area (Å²) >= 11 is 0.0348. The maximum absolute atomic E-state index is 10.8. The monoisotopic (exact) mass is 287 g/mol. The third-order valence-corrected chi connectivity index (χ3v) is 2.64. The first kappa shape index (κ1) is 15.6. The molecular weight excluding hydrogens is 276 g/mol. The van der Waals surface area contributed by atoms with Crippen LogP contribution in [0.2, 0.25) is 0 Å². The Balaban J connectivity index is 2.72. The summed E-state index contributed by atoms with van der Waals surface area (Å²) in [7, 11) is 1.17. The number of aliphatic hydroxyl groups is 2. The van der Waals surface area contributed by atoms with Crippen molar-refractivity contribution in [2.24, 2.45) is 0 Å². The van der Waals surface area contributed by atoms with Gasteiger partial charge < -0.3 is 30.1 Å². The molecule has 10 nitrogen and oxygen atoms in total. The van der Waals surface area contributed by atoms with Crippen molar-refractivity contribution in [1.82, 2.24) is 0 Å². The zero-order valence-electron chi connectivity index (χ0n) is 8.99. The molecule has 5 atom stereocenters. The van der Waals surface area contributed by atoms with Gasteiger partial charge in [-0.3, -0.25) is 9.22 Å². The van der Waals surface area contributed by atoms with Crippen molar-refractivity contribution < 1.29 is 48.4 Å². The molecule has 0 amide bonds. The van der Waals surface area contributed by atoms with Gasteiger partial charge in [-0.1, -0.05) is 0 Å². The molecule has 0 bridgehead atoms. The molecule has 0 radical (unpaired) electrons. The molecule has 2 unspecified atom stereocenters. The number of ether oxygens (including phenoxy) is 2. The minimum Gasteiger partial charge on any atom is -0.691 e. The number of aliphatic hydroxyl groups excluding tert-OH is 2. The van der Waals surface area contributed by atoms with E-state index in [1.165, 1.54) is 7.11 Å². The van der Waals surface area contributed by atoms with Crippen molar-refractivity contribution in [2.45, 2.75) is 30.7 Å². The highest BCUT2D eigenvalue weighted by Gasteiger charge is 2.49. The summed E-state index contributed by atoms with van der Waals surface area (Å²) in [5.74, 6) is -1.46. The van der Waals surface area contributed by atoms with Crippen LogP contribution in [-0.4, -0.2) is 59.1 Å². The van der Waals surface area contributed by atoms with E-state index in [-0.39, 0.29) is 12.3 Å². The normalized spacial score (nSPS) is 36.6. The highest BCUT2D eigenvalue weighted by atomic mass is 32.2. The molecule has 0 saturated carbocycles. The molecule has 1 aliphatic rings. The lowest BCUT2D eigenvalue weighted by Gasteiger charge is -2.39. The predicted molar refractivity (Wildman–Crippen MR) is 50.0 cm³/mol. The number of hydrogen-bond acceptors (Lipinski definition) is 10. The standard InChI is InChI=1S/C7H12O10S/c1-13-7-3(9)4(15-18-17-16-12)2(8)5(14-7)6(10)11/h2-5,7-9,12H,1H3,(H,10,11)/p-1/t2-,3?,4-,5?,7+/m0/s1. The van der Waals surface area contributed by atoms with Crippen LogP contribution in [-0.2, 0) is 27.8 Å². The van der Waals surface area contributed by atoms with Gasteiger partial charge in [-0.05, 0) is 0 Å². The van der Waals surface area contributed by atoms with Crippen LogP contribution in [0.3, 0.4) is 0 Å². The summed E-state index contributed by atoms with van der Waals surface area (Å²) in [4.78, 5) is 10.8. The second-order valence-corrected chi connectivity index (χ2v) is 3.71. The Labute approximate surface area is 105 Å². The van der Waals surface area contributed by atoms with Gasteiger partial charge in [0.2, 0.25) is 0 Å². The quantitative estimate of drug-likeness (QED) is 0.203. The fraction of sp³-hybridized carbons (Fsp3) is 0.857. The molecule has 3 N–H and O–H groups in total. The number of aliphatic carboxylic acids is 1. The summed E-state index contributed by atoms with van der Waals surface area (Å²) in [5, 5.41) is 40.7. The molecule has 1 rings (SSSR count). The first-order valence-corrected chi connectivity index (χ1v) is 5.25. The number of rotatable bonds is 6. The van der Waals surface area contributed by atoms with Gasteiger partial charge in [-0.15, -0.1) is 4.33 Å². The largest absolute Gasteiger partial charge is 0.691 e. The van der Waals surface area contributed by atoms with E-state index in [1.54, 1.807) is 0 Å². The van der Waals surface area contributed by atoms with E-state index in [4.69, 9.17) is 18.8 Å². The van der Waals surface area contributed by atoms with Crippen molar-refractivity contribution in [1.29, 1.82) is 0 Å². The maximum Gasteiger partial charge on any atom is 0.335 e. The fourth-order valence-electron chi connectivity index (χ4n) is 1.42. The van der Waals surface area contributed by atoms with Crippen LogP contribution < -0.4 is 5.26 Å². The van der Waals surface area contributed by atoms with Crippen LogP contribution in [0.4, 0.5) is 0 Å². The Morgan fingerprint density at radius 1 is 1.39 bits per heavy atom. The zero-order chi connectivity index (χ0) is 13.7. The molecule has 0 aliphatic carbocycles. The third-order valence-electron chi connectivity index (χ3n) is 2.22. The van der Waals surface area contributed by atoms with Crippen LogP contribution in [0, 0.1) is 0 Å². The van der Waals surface area contributed by atoms with Crippen LogP contribution >= 0.6 is 12.3 Å². The van der Waals surface area contributed by atoms with Gasteiger partial charge in [0, 0.05) is 7.11 Å². The molecule has 0 aromatic heterocycles. The van der Waals surface area contributed by atoms with Crippen molar-refractivity contribution in [3.63, 3.8) is 0 Å². The lowest BCUT2D eigenvalue weighted by molar-refractivity contribution is -0.777. The Bertz CT molecular complexity index is 275. The number of carboxylic acids is 1. The minimum absolute atomic E-state index is 0.0348. The minimum atomic E-state index is -1.69. The highest BCUT2D eigenvalue weighted by Crippen LogP contribution is 2.27. The molecule has 1 saturated heterocycles. The molecule has 11 heteroatoms. The molecule has 106 valence electrons. The van der Waals surface area contributed by atoms with Crippen molar-refractivity contribution >= 4 is 18.3 Å². The van der Waals surface area contributed by atoms with Crippen LogP contribution in [0.25, 0.3) is 0 Å². The Kier molecular flexibility index (Phi) is 6.20. The van der Waals surface area contributed by atoms with Gasteiger partial charge in [0.1, 0.15) is 18.3 Å². The molecule has 1 fully saturated rings. The summed E-state index contributed by atoms with van der Waals surface area (Å²) < 4.78 is 18.0. The van der Waals surface area contributed by atoms with E-state index in [2.05, 4.69) is 9.37 Å². The molecule has 0 aromatic carbocycles. The zero-order valence-corrected chi connectivity index (χ0v) is 9.81. The van der Waals surface area contributed by atoms with E-state index in [0.29, 0.717) is 0 Å². The van der Waals surface area contributed by atoms with Gasteiger partial charge in [0.15, 0.2) is 24.7 Å². The van der Waals surface area contributed by atoms with Gasteiger partial charge in [0.05, 0.1) is 0 Å². The van der Waals surface area contributed by atoms with Crippen molar-refractivity contribution in [2.75, 3.05) is 7.11 Å². The van der Waals surface area contributed by atoms with Gasteiger partial charge >= 0.3 is 5.97 Å². The lowest BCUT2D eigenvalue weighted by Crippen LogP contribution is -2.60. The fourth-order valence-corrected chi connectivity index (χ4v) is 1.79.